The summed E-state index contributed by atoms with van der Waals surface area (Å²) in [5.74, 6) is -0.357. The lowest BCUT2D eigenvalue weighted by Crippen LogP contribution is -2.37. The summed E-state index contributed by atoms with van der Waals surface area (Å²) in [6.45, 7) is 2.16. The van der Waals surface area contributed by atoms with Gasteiger partial charge in [-0.1, -0.05) is 13.0 Å². The number of sulfonamides is 1. The van der Waals surface area contributed by atoms with E-state index < -0.39 is 10.0 Å². The second kappa shape index (κ2) is 6.36. The van der Waals surface area contributed by atoms with Crippen molar-refractivity contribution in [3.05, 3.63) is 24.3 Å². The van der Waals surface area contributed by atoms with Crippen LogP contribution in [0.3, 0.4) is 0 Å². The Bertz CT molecular complexity index is 514. The van der Waals surface area contributed by atoms with E-state index in [-0.39, 0.29) is 17.3 Å². The minimum absolute atomic E-state index is 0.0470. The van der Waals surface area contributed by atoms with Gasteiger partial charge in [-0.3, -0.25) is 4.79 Å². The lowest BCUT2D eigenvalue weighted by atomic mass is 10.3. The molecule has 0 heterocycles. The molecule has 1 aromatic carbocycles. The number of rotatable bonds is 6. The lowest BCUT2D eigenvalue weighted by molar-refractivity contribution is -0.119. The Morgan fingerprint density at radius 1 is 1.39 bits per heavy atom. The molecule has 4 N–H and O–H groups in total. The summed E-state index contributed by atoms with van der Waals surface area (Å²) in [7, 11) is -3.69. The van der Waals surface area contributed by atoms with E-state index in [1.54, 1.807) is 12.1 Å². The van der Waals surface area contributed by atoms with Gasteiger partial charge >= 0.3 is 0 Å². The van der Waals surface area contributed by atoms with Crippen molar-refractivity contribution in [1.29, 1.82) is 0 Å². The Morgan fingerprint density at radius 3 is 2.72 bits per heavy atom. The molecule has 0 bridgehead atoms. The topological polar surface area (TPSA) is 101 Å². The highest BCUT2D eigenvalue weighted by Crippen LogP contribution is 2.11. The molecule has 0 spiro atoms. The Labute approximate surface area is 107 Å². The van der Waals surface area contributed by atoms with Crippen molar-refractivity contribution < 1.29 is 13.2 Å². The molecule has 0 atom stereocenters. The van der Waals surface area contributed by atoms with Crippen molar-refractivity contribution in [2.24, 2.45) is 0 Å². The van der Waals surface area contributed by atoms with Crippen LogP contribution < -0.4 is 15.8 Å². The summed E-state index contributed by atoms with van der Waals surface area (Å²) in [6, 6.07) is 5.89. The summed E-state index contributed by atoms with van der Waals surface area (Å²) >= 11 is 0. The maximum Gasteiger partial charge on any atom is 0.241 e. The van der Waals surface area contributed by atoms with Crippen molar-refractivity contribution in [2.75, 3.05) is 18.8 Å². The van der Waals surface area contributed by atoms with E-state index in [0.29, 0.717) is 12.2 Å². The number of anilines is 1. The fourth-order valence-corrected chi connectivity index (χ4v) is 2.29. The van der Waals surface area contributed by atoms with Crippen molar-refractivity contribution in [2.45, 2.75) is 18.2 Å². The molecule has 7 heteroatoms. The summed E-state index contributed by atoms with van der Waals surface area (Å²) in [4.78, 5) is 11.3. The number of amides is 1. The Kier molecular flexibility index (Phi) is 5.11. The third-order valence-corrected chi connectivity index (χ3v) is 3.56. The maximum atomic E-state index is 11.8. The number of nitrogens with two attached hydrogens (primary N) is 1. The predicted octanol–water partition coefficient (Wildman–Crippen LogP) is 0.0733. The summed E-state index contributed by atoms with van der Waals surface area (Å²) < 4.78 is 25.8. The average molecular weight is 271 g/mol. The molecule has 0 fully saturated rings. The zero-order valence-corrected chi connectivity index (χ0v) is 11.0. The van der Waals surface area contributed by atoms with Crippen LogP contribution in [0, 0.1) is 0 Å². The zero-order chi connectivity index (χ0) is 13.6. The number of nitrogen functional groups attached to an aromatic ring is 1. The SMILES string of the molecule is CCCNC(=O)CNS(=O)(=O)c1cccc(N)c1. The molecule has 1 rings (SSSR count). The molecule has 18 heavy (non-hydrogen) atoms. The van der Waals surface area contributed by atoms with Crippen molar-refractivity contribution in [1.82, 2.24) is 10.0 Å². The summed E-state index contributed by atoms with van der Waals surface area (Å²) in [6.07, 6.45) is 0.799. The standard InChI is InChI=1S/C11H17N3O3S/c1-2-6-13-11(15)8-14-18(16,17)10-5-3-4-9(12)7-10/h3-5,7,14H,2,6,8,12H2,1H3,(H,13,15). The van der Waals surface area contributed by atoms with Crippen molar-refractivity contribution in [3.8, 4) is 0 Å². The minimum Gasteiger partial charge on any atom is -0.399 e. The van der Waals surface area contributed by atoms with Gasteiger partial charge < -0.3 is 11.1 Å². The number of carbonyl (C=O) groups is 1. The van der Waals surface area contributed by atoms with E-state index in [9.17, 15) is 13.2 Å². The van der Waals surface area contributed by atoms with Gasteiger partial charge in [0.05, 0.1) is 11.4 Å². The first-order valence-electron chi connectivity index (χ1n) is 5.57. The number of hydrogen-bond donors (Lipinski definition) is 3. The molecule has 1 aromatic rings. The third-order valence-electron chi connectivity index (χ3n) is 2.16. The summed E-state index contributed by atoms with van der Waals surface area (Å²) in [5, 5.41) is 2.58. The highest BCUT2D eigenvalue weighted by molar-refractivity contribution is 7.89. The van der Waals surface area contributed by atoms with Crippen molar-refractivity contribution in [3.63, 3.8) is 0 Å². The number of carbonyl (C=O) groups excluding carboxylic acids is 1. The average Bonchev–Trinajstić information content (AvgIpc) is 2.34. The molecular formula is C11H17N3O3S. The molecule has 100 valence electrons. The minimum atomic E-state index is -3.69. The van der Waals surface area contributed by atoms with E-state index in [0.717, 1.165) is 6.42 Å². The normalized spacial score (nSPS) is 11.2. The molecule has 1 amide bonds. The molecule has 0 aliphatic rings. The van der Waals surface area contributed by atoms with Gasteiger partial charge in [0.15, 0.2) is 0 Å². The Balaban J connectivity index is 2.63. The van der Waals surface area contributed by atoms with Gasteiger partial charge in [-0.05, 0) is 24.6 Å². The first kappa shape index (κ1) is 14.5. The van der Waals surface area contributed by atoms with Gasteiger partial charge in [-0.25, -0.2) is 13.1 Å². The number of benzene rings is 1. The highest BCUT2D eigenvalue weighted by Gasteiger charge is 2.15. The van der Waals surface area contributed by atoms with Gasteiger partial charge in [0.1, 0.15) is 0 Å². The van der Waals surface area contributed by atoms with Crippen LogP contribution in [-0.4, -0.2) is 27.4 Å². The van der Waals surface area contributed by atoms with E-state index in [1.165, 1.54) is 12.1 Å². The number of hydrogen-bond acceptors (Lipinski definition) is 4. The van der Waals surface area contributed by atoms with E-state index in [1.807, 2.05) is 6.92 Å². The van der Waals surface area contributed by atoms with Crippen LogP contribution in [0.25, 0.3) is 0 Å². The van der Waals surface area contributed by atoms with Crippen LogP contribution in [0.5, 0.6) is 0 Å². The van der Waals surface area contributed by atoms with Crippen LogP contribution in [0.4, 0.5) is 5.69 Å². The smallest absolute Gasteiger partial charge is 0.241 e. The van der Waals surface area contributed by atoms with Crippen LogP contribution in [0.2, 0.25) is 0 Å². The summed E-state index contributed by atoms with van der Waals surface area (Å²) in [5.41, 5.74) is 5.86. The lowest BCUT2D eigenvalue weighted by Gasteiger charge is -2.07. The zero-order valence-electron chi connectivity index (χ0n) is 10.1. The molecule has 0 saturated heterocycles. The Morgan fingerprint density at radius 2 is 2.11 bits per heavy atom. The van der Waals surface area contributed by atoms with Crippen LogP contribution >= 0.6 is 0 Å². The first-order chi connectivity index (χ1) is 8.45. The monoisotopic (exact) mass is 271 g/mol. The van der Waals surface area contributed by atoms with Gasteiger partial charge in [-0.15, -0.1) is 0 Å². The molecule has 0 aliphatic carbocycles. The molecule has 0 aliphatic heterocycles. The van der Waals surface area contributed by atoms with E-state index in [4.69, 9.17) is 5.73 Å². The fraction of sp³-hybridized carbons (Fsp3) is 0.364. The maximum absolute atomic E-state index is 11.8. The molecule has 0 aromatic heterocycles. The Hall–Kier alpha value is -1.60. The molecule has 0 radical (unpaired) electrons. The third kappa shape index (κ3) is 4.34. The van der Waals surface area contributed by atoms with Crippen LogP contribution in [-0.2, 0) is 14.8 Å². The van der Waals surface area contributed by atoms with Crippen LogP contribution in [0.1, 0.15) is 13.3 Å². The first-order valence-corrected chi connectivity index (χ1v) is 7.06. The second-order valence-electron chi connectivity index (χ2n) is 3.75. The molecule has 0 unspecified atom stereocenters. The highest BCUT2D eigenvalue weighted by atomic mass is 32.2. The van der Waals surface area contributed by atoms with Gasteiger partial charge in [-0.2, -0.15) is 0 Å². The molecule has 0 saturated carbocycles. The van der Waals surface area contributed by atoms with Gasteiger partial charge in [0.2, 0.25) is 15.9 Å². The largest absolute Gasteiger partial charge is 0.399 e. The quantitative estimate of drug-likeness (QED) is 0.637. The van der Waals surface area contributed by atoms with Crippen LogP contribution in [0.15, 0.2) is 29.2 Å². The van der Waals surface area contributed by atoms with Gasteiger partial charge in [0, 0.05) is 12.2 Å². The van der Waals surface area contributed by atoms with Gasteiger partial charge in [0.25, 0.3) is 0 Å². The number of nitrogens with one attached hydrogen (secondary N) is 2. The van der Waals surface area contributed by atoms with E-state index >= 15 is 0 Å². The molecular weight excluding hydrogens is 254 g/mol. The second-order valence-corrected chi connectivity index (χ2v) is 5.51. The fourth-order valence-electron chi connectivity index (χ4n) is 1.25. The van der Waals surface area contributed by atoms with E-state index in [2.05, 4.69) is 10.0 Å². The molecule has 6 nitrogen and oxygen atoms in total. The predicted molar refractivity (Wildman–Crippen MR) is 69.3 cm³/mol. The van der Waals surface area contributed by atoms with Crippen molar-refractivity contribution >= 4 is 21.6 Å².